The van der Waals surface area contributed by atoms with Gasteiger partial charge in [0.1, 0.15) is 6.61 Å². The topological polar surface area (TPSA) is 50.3 Å². The third-order valence-corrected chi connectivity index (χ3v) is 2.20. The lowest BCUT2D eigenvalue weighted by Gasteiger charge is -2.10. The van der Waals surface area contributed by atoms with E-state index in [1.807, 2.05) is 14.1 Å². The van der Waals surface area contributed by atoms with Gasteiger partial charge in [-0.15, -0.1) is 0 Å². The Morgan fingerprint density at radius 1 is 1.29 bits per heavy atom. The zero-order valence-corrected chi connectivity index (χ0v) is 10.9. The van der Waals surface area contributed by atoms with E-state index in [0.717, 1.165) is 31.7 Å². The lowest BCUT2D eigenvalue weighted by atomic mass is 10.4. The molecule has 0 aliphatic carbocycles. The highest BCUT2D eigenvalue weighted by Crippen LogP contribution is 2.03. The predicted molar refractivity (Wildman–Crippen MR) is 68.1 cm³/mol. The zero-order chi connectivity index (χ0) is 12.5. The molecule has 1 N–H and O–H groups in total. The van der Waals surface area contributed by atoms with Crippen LogP contribution in [0.25, 0.3) is 0 Å². The fourth-order valence-electron chi connectivity index (χ4n) is 1.23. The van der Waals surface area contributed by atoms with Crippen LogP contribution in [0.4, 0.5) is 0 Å². The van der Waals surface area contributed by atoms with Crippen LogP contribution in [0.2, 0.25) is 0 Å². The van der Waals surface area contributed by atoms with E-state index in [1.165, 1.54) is 0 Å². The van der Waals surface area contributed by atoms with E-state index in [4.69, 9.17) is 4.74 Å². The second-order valence-electron chi connectivity index (χ2n) is 4.17. The quantitative estimate of drug-likeness (QED) is 0.682. The predicted octanol–water partition coefficient (Wildman–Crippen LogP) is 0.917. The molecule has 0 bridgehead atoms. The summed E-state index contributed by atoms with van der Waals surface area (Å²) in [5, 5.41) is 3.28. The van der Waals surface area contributed by atoms with Gasteiger partial charge in [0.05, 0.1) is 18.1 Å². The minimum Gasteiger partial charge on any atom is -0.475 e. The molecule has 1 aromatic rings. The van der Waals surface area contributed by atoms with Crippen molar-refractivity contribution in [3.63, 3.8) is 0 Å². The molecule has 96 valence electrons. The van der Waals surface area contributed by atoms with Crippen molar-refractivity contribution >= 4 is 0 Å². The largest absolute Gasteiger partial charge is 0.475 e. The van der Waals surface area contributed by atoms with Crippen molar-refractivity contribution in [2.75, 3.05) is 33.8 Å². The van der Waals surface area contributed by atoms with Crippen molar-refractivity contribution in [3.05, 3.63) is 18.1 Å². The van der Waals surface area contributed by atoms with Crippen molar-refractivity contribution in [2.45, 2.75) is 19.9 Å². The van der Waals surface area contributed by atoms with Gasteiger partial charge < -0.3 is 15.0 Å². The van der Waals surface area contributed by atoms with Gasteiger partial charge in [0.25, 0.3) is 0 Å². The van der Waals surface area contributed by atoms with E-state index in [1.54, 1.807) is 12.4 Å². The van der Waals surface area contributed by atoms with Crippen LogP contribution in [0.3, 0.4) is 0 Å². The van der Waals surface area contributed by atoms with E-state index in [9.17, 15) is 0 Å². The summed E-state index contributed by atoms with van der Waals surface area (Å²) in [6.07, 6.45) is 4.56. The molecule has 0 aromatic carbocycles. The van der Waals surface area contributed by atoms with Crippen LogP contribution in [-0.2, 0) is 6.54 Å². The van der Waals surface area contributed by atoms with Crippen LogP contribution in [0, 0.1) is 0 Å². The van der Waals surface area contributed by atoms with E-state index < -0.39 is 0 Å². The normalized spacial score (nSPS) is 10.8. The third-order valence-electron chi connectivity index (χ3n) is 2.20. The van der Waals surface area contributed by atoms with Gasteiger partial charge in [-0.1, -0.05) is 6.92 Å². The second kappa shape index (κ2) is 7.97. The highest BCUT2D eigenvalue weighted by atomic mass is 16.5. The maximum atomic E-state index is 5.46. The van der Waals surface area contributed by atoms with E-state index in [0.29, 0.717) is 12.5 Å². The monoisotopic (exact) mass is 238 g/mol. The Kier molecular flexibility index (Phi) is 6.50. The molecule has 0 atom stereocenters. The Hall–Kier alpha value is -1.20. The van der Waals surface area contributed by atoms with Crippen molar-refractivity contribution in [2.24, 2.45) is 0 Å². The van der Waals surface area contributed by atoms with E-state index in [2.05, 4.69) is 27.1 Å². The number of nitrogens with one attached hydrogen (secondary N) is 1. The molecule has 0 amide bonds. The van der Waals surface area contributed by atoms with Gasteiger partial charge in [-0.05, 0) is 27.1 Å². The zero-order valence-electron chi connectivity index (χ0n) is 10.9. The molecule has 0 saturated heterocycles. The molecule has 0 radical (unpaired) electrons. The van der Waals surface area contributed by atoms with Crippen LogP contribution in [0.15, 0.2) is 12.4 Å². The first-order valence-corrected chi connectivity index (χ1v) is 6.01. The third kappa shape index (κ3) is 6.19. The smallest absolute Gasteiger partial charge is 0.232 e. The van der Waals surface area contributed by atoms with Gasteiger partial charge in [0.15, 0.2) is 0 Å². The lowest BCUT2D eigenvalue weighted by Crippen LogP contribution is -2.20. The Morgan fingerprint density at radius 3 is 2.71 bits per heavy atom. The van der Waals surface area contributed by atoms with Crippen LogP contribution >= 0.6 is 0 Å². The molecule has 1 rings (SSSR count). The maximum Gasteiger partial charge on any atom is 0.232 e. The standard InChI is InChI=1S/C12H22N4O/c1-4-5-13-8-11-9-15-12(10-14-11)17-7-6-16(2)3/h9-10,13H,4-8H2,1-3H3. The molecule has 0 unspecified atom stereocenters. The maximum absolute atomic E-state index is 5.46. The Labute approximate surface area is 103 Å². The molecule has 0 spiro atoms. The number of hydrogen-bond donors (Lipinski definition) is 1. The average molecular weight is 238 g/mol. The molecule has 0 saturated carbocycles. The summed E-state index contributed by atoms with van der Waals surface area (Å²) < 4.78 is 5.46. The van der Waals surface area contributed by atoms with E-state index in [-0.39, 0.29) is 0 Å². The van der Waals surface area contributed by atoms with Gasteiger partial charge in [-0.2, -0.15) is 0 Å². The molecule has 0 fully saturated rings. The molecule has 1 aromatic heterocycles. The first-order valence-electron chi connectivity index (χ1n) is 6.01. The SMILES string of the molecule is CCCNCc1cnc(OCCN(C)C)cn1. The molecule has 5 nitrogen and oxygen atoms in total. The Morgan fingerprint density at radius 2 is 2.12 bits per heavy atom. The molecule has 5 heteroatoms. The molecular formula is C12H22N4O. The minimum absolute atomic E-state index is 0.589. The van der Waals surface area contributed by atoms with Gasteiger partial charge in [0.2, 0.25) is 5.88 Å². The van der Waals surface area contributed by atoms with Crippen molar-refractivity contribution < 1.29 is 4.74 Å². The molecule has 17 heavy (non-hydrogen) atoms. The Balaban J connectivity index is 2.29. The van der Waals surface area contributed by atoms with Crippen LogP contribution < -0.4 is 10.1 Å². The van der Waals surface area contributed by atoms with Crippen molar-refractivity contribution in [3.8, 4) is 5.88 Å². The van der Waals surface area contributed by atoms with Crippen LogP contribution in [0.1, 0.15) is 19.0 Å². The minimum atomic E-state index is 0.589. The number of ether oxygens (including phenoxy) is 1. The lowest BCUT2D eigenvalue weighted by molar-refractivity contribution is 0.253. The van der Waals surface area contributed by atoms with Gasteiger partial charge in [0, 0.05) is 13.1 Å². The summed E-state index contributed by atoms with van der Waals surface area (Å²) in [6, 6.07) is 0. The second-order valence-corrected chi connectivity index (χ2v) is 4.17. The number of likely N-dealkylation sites (N-methyl/N-ethyl adjacent to an activating group) is 1. The van der Waals surface area contributed by atoms with Gasteiger partial charge in [-0.3, -0.25) is 4.98 Å². The molecule has 1 heterocycles. The summed E-state index contributed by atoms with van der Waals surface area (Å²) in [5.74, 6) is 0.589. The van der Waals surface area contributed by atoms with Crippen LogP contribution in [-0.4, -0.2) is 48.7 Å². The molecule has 0 aliphatic rings. The fourth-order valence-corrected chi connectivity index (χ4v) is 1.23. The summed E-state index contributed by atoms with van der Waals surface area (Å²) in [5.41, 5.74) is 0.943. The summed E-state index contributed by atoms with van der Waals surface area (Å²) >= 11 is 0. The summed E-state index contributed by atoms with van der Waals surface area (Å²) in [6.45, 7) is 5.42. The number of nitrogens with zero attached hydrogens (tertiary/aromatic N) is 3. The Bertz CT molecular complexity index is 300. The number of rotatable bonds is 8. The van der Waals surface area contributed by atoms with Crippen molar-refractivity contribution in [1.29, 1.82) is 0 Å². The van der Waals surface area contributed by atoms with Crippen molar-refractivity contribution in [1.82, 2.24) is 20.2 Å². The van der Waals surface area contributed by atoms with E-state index >= 15 is 0 Å². The first kappa shape index (κ1) is 13.9. The first-order chi connectivity index (χ1) is 8.22. The summed E-state index contributed by atoms with van der Waals surface area (Å²) in [7, 11) is 4.02. The average Bonchev–Trinajstić information content (AvgIpc) is 2.31. The molecule has 0 aliphatic heterocycles. The summed E-state index contributed by atoms with van der Waals surface area (Å²) in [4.78, 5) is 10.6. The van der Waals surface area contributed by atoms with Gasteiger partial charge >= 0.3 is 0 Å². The van der Waals surface area contributed by atoms with Crippen LogP contribution in [0.5, 0.6) is 5.88 Å². The highest BCUT2D eigenvalue weighted by Gasteiger charge is 1.98. The number of aromatic nitrogens is 2. The molecular weight excluding hydrogens is 216 g/mol. The highest BCUT2D eigenvalue weighted by molar-refractivity contribution is 5.07. The van der Waals surface area contributed by atoms with Gasteiger partial charge in [-0.25, -0.2) is 4.98 Å². The number of hydrogen-bond acceptors (Lipinski definition) is 5. The fraction of sp³-hybridized carbons (Fsp3) is 0.667.